The van der Waals surface area contributed by atoms with Crippen LogP contribution in [0.2, 0.25) is 0 Å². The van der Waals surface area contributed by atoms with E-state index in [1.807, 2.05) is 25.1 Å². The number of ether oxygens (including phenoxy) is 2. The van der Waals surface area contributed by atoms with Gasteiger partial charge in [0.1, 0.15) is 0 Å². The molecule has 0 fully saturated rings. The van der Waals surface area contributed by atoms with Gasteiger partial charge in [0.2, 0.25) is 0 Å². The van der Waals surface area contributed by atoms with Crippen molar-refractivity contribution < 1.29 is 14.3 Å². The molecule has 0 bridgehead atoms. The highest BCUT2D eigenvalue weighted by atomic mass is 16.5. The number of pyridine rings is 2. The Morgan fingerprint density at radius 3 is 2.74 bits per heavy atom. The predicted octanol–water partition coefficient (Wildman–Crippen LogP) is 3.00. The molecule has 1 aliphatic heterocycles. The van der Waals surface area contributed by atoms with Crippen molar-refractivity contribution in [2.75, 3.05) is 19.1 Å². The number of anilines is 1. The van der Waals surface area contributed by atoms with Crippen molar-refractivity contribution in [3.05, 3.63) is 48.0 Å². The third-order valence-electron chi connectivity index (χ3n) is 4.68. The lowest BCUT2D eigenvalue weighted by atomic mass is 10.1. The number of carbonyl (C=O) groups is 1. The van der Waals surface area contributed by atoms with Gasteiger partial charge in [-0.2, -0.15) is 5.10 Å². The van der Waals surface area contributed by atoms with Crippen LogP contribution in [-0.4, -0.2) is 40.3 Å². The van der Waals surface area contributed by atoms with Gasteiger partial charge in [-0.3, -0.25) is 14.8 Å². The number of hydrogen-bond acceptors (Lipinski definition) is 6. The van der Waals surface area contributed by atoms with Gasteiger partial charge in [0.05, 0.1) is 49.1 Å². The lowest BCUT2D eigenvalue weighted by molar-refractivity contribution is 0.0990. The Morgan fingerprint density at radius 2 is 2.07 bits per heavy atom. The van der Waals surface area contributed by atoms with Gasteiger partial charge in [0.15, 0.2) is 5.75 Å². The van der Waals surface area contributed by atoms with E-state index in [0.29, 0.717) is 17.2 Å². The molecule has 1 atom stereocenters. The molecular formula is C19H19N5O3. The van der Waals surface area contributed by atoms with E-state index in [0.717, 1.165) is 29.1 Å². The van der Waals surface area contributed by atoms with Crippen LogP contribution in [0.4, 0.5) is 5.69 Å². The fourth-order valence-electron chi connectivity index (χ4n) is 3.38. The van der Waals surface area contributed by atoms with Crippen molar-refractivity contribution in [3.8, 4) is 22.9 Å². The topological polar surface area (TPSA) is 93.2 Å². The molecule has 3 aromatic heterocycles. The zero-order chi connectivity index (χ0) is 19.0. The first-order chi connectivity index (χ1) is 13.2. The van der Waals surface area contributed by atoms with E-state index in [1.165, 1.54) is 0 Å². The Morgan fingerprint density at radius 1 is 1.22 bits per heavy atom. The van der Waals surface area contributed by atoms with E-state index in [1.54, 1.807) is 37.7 Å². The van der Waals surface area contributed by atoms with Gasteiger partial charge in [0.25, 0.3) is 11.8 Å². The monoisotopic (exact) mass is 365 g/mol. The summed E-state index contributed by atoms with van der Waals surface area (Å²) in [6.45, 7) is 2.03. The second-order valence-corrected chi connectivity index (χ2v) is 6.12. The maximum Gasteiger partial charge on any atom is 0.260 e. The van der Waals surface area contributed by atoms with Crippen molar-refractivity contribution in [1.29, 1.82) is 0 Å². The van der Waals surface area contributed by atoms with Gasteiger partial charge in [-0.1, -0.05) is 6.92 Å². The van der Waals surface area contributed by atoms with Crippen LogP contribution in [0.3, 0.4) is 0 Å². The maximum atomic E-state index is 12.9. The van der Waals surface area contributed by atoms with E-state index in [4.69, 9.17) is 14.5 Å². The molecule has 0 aliphatic carbocycles. The number of aromatic nitrogens is 4. The molecule has 4 heterocycles. The first-order valence-electron chi connectivity index (χ1n) is 8.59. The number of hydrogen-bond donors (Lipinski definition) is 1. The number of carbonyl (C=O) groups excluding carboxylic acids is 1. The zero-order valence-corrected chi connectivity index (χ0v) is 15.3. The van der Waals surface area contributed by atoms with E-state index >= 15 is 0 Å². The Balaban J connectivity index is 1.77. The molecule has 0 saturated carbocycles. The number of fused-ring (bicyclic) bond motifs is 1. The molecule has 1 unspecified atom stereocenters. The normalized spacial score (nSPS) is 15.7. The van der Waals surface area contributed by atoms with Crippen molar-refractivity contribution >= 4 is 11.6 Å². The van der Waals surface area contributed by atoms with E-state index in [9.17, 15) is 4.79 Å². The molecule has 27 heavy (non-hydrogen) atoms. The quantitative estimate of drug-likeness (QED) is 0.747. The molecule has 0 saturated heterocycles. The SMILES string of the molecule is CCC1c2nc(-c3cnc(OC)c(OC)c3)ccc2C(=O)N1c1cn[nH]c1. The summed E-state index contributed by atoms with van der Waals surface area (Å²) in [5.41, 5.74) is 3.62. The number of nitrogens with zero attached hydrogens (tertiary/aromatic N) is 4. The fourth-order valence-corrected chi connectivity index (χ4v) is 3.38. The van der Waals surface area contributed by atoms with E-state index in [2.05, 4.69) is 15.2 Å². The molecule has 8 heteroatoms. The third-order valence-corrected chi connectivity index (χ3v) is 4.68. The molecule has 1 aliphatic rings. The lowest BCUT2D eigenvalue weighted by Crippen LogP contribution is -2.27. The summed E-state index contributed by atoms with van der Waals surface area (Å²) in [6, 6.07) is 5.33. The summed E-state index contributed by atoms with van der Waals surface area (Å²) >= 11 is 0. The van der Waals surface area contributed by atoms with Crippen LogP contribution in [-0.2, 0) is 0 Å². The Labute approximate surface area is 156 Å². The Bertz CT molecular complexity index is 987. The Kier molecular flexibility index (Phi) is 4.23. The van der Waals surface area contributed by atoms with Crippen LogP contribution in [0, 0.1) is 0 Å². The van der Waals surface area contributed by atoms with E-state index < -0.39 is 0 Å². The average Bonchev–Trinajstić information content (AvgIpc) is 3.33. The predicted molar refractivity (Wildman–Crippen MR) is 99.0 cm³/mol. The molecular weight excluding hydrogens is 346 g/mol. The number of aromatic amines is 1. The molecule has 138 valence electrons. The van der Waals surface area contributed by atoms with Gasteiger partial charge >= 0.3 is 0 Å². The summed E-state index contributed by atoms with van der Waals surface area (Å²) in [6.07, 6.45) is 5.78. The van der Waals surface area contributed by atoms with Crippen LogP contribution in [0.15, 0.2) is 36.8 Å². The molecule has 0 radical (unpaired) electrons. The first-order valence-corrected chi connectivity index (χ1v) is 8.59. The molecule has 0 aromatic carbocycles. The van der Waals surface area contributed by atoms with Crippen molar-refractivity contribution in [2.45, 2.75) is 19.4 Å². The van der Waals surface area contributed by atoms with Gasteiger partial charge in [0, 0.05) is 18.0 Å². The molecule has 4 rings (SSSR count). The Hall–Kier alpha value is -3.42. The molecule has 1 amide bonds. The minimum atomic E-state index is -0.141. The number of methoxy groups -OCH3 is 2. The second-order valence-electron chi connectivity index (χ2n) is 6.12. The highest BCUT2D eigenvalue weighted by Gasteiger charge is 2.38. The first kappa shape index (κ1) is 17.0. The lowest BCUT2D eigenvalue weighted by Gasteiger charge is -2.21. The van der Waals surface area contributed by atoms with E-state index in [-0.39, 0.29) is 11.9 Å². The van der Waals surface area contributed by atoms with Gasteiger partial charge in [-0.05, 0) is 24.6 Å². The molecule has 0 spiro atoms. The minimum Gasteiger partial charge on any atom is -0.491 e. The zero-order valence-electron chi connectivity index (χ0n) is 15.3. The number of H-pyrrole nitrogens is 1. The van der Waals surface area contributed by atoms with Crippen LogP contribution >= 0.6 is 0 Å². The summed E-state index contributed by atoms with van der Waals surface area (Å²) in [5.74, 6) is 0.873. The van der Waals surface area contributed by atoms with Gasteiger partial charge in [-0.15, -0.1) is 0 Å². The summed E-state index contributed by atoms with van der Waals surface area (Å²) in [4.78, 5) is 23.7. The summed E-state index contributed by atoms with van der Waals surface area (Å²) in [5, 5.41) is 6.72. The van der Waals surface area contributed by atoms with Crippen molar-refractivity contribution in [2.24, 2.45) is 0 Å². The minimum absolute atomic E-state index is 0.0669. The second kappa shape index (κ2) is 6.71. The largest absolute Gasteiger partial charge is 0.491 e. The average molecular weight is 365 g/mol. The summed E-state index contributed by atoms with van der Waals surface area (Å²) < 4.78 is 10.5. The molecule has 1 N–H and O–H groups in total. The number of rotatable bonds is 5. The van der Waals surface area contributed by atoms with Gasteiger partial charge in [-0.25, -0.2) is 9.97 Å². The van der Waals surface area contributed by atoms with Gasteiger partial charge < -0.3 is 9.47 Å². The maximum absolute atomic E-state index is 12.9. The van der Waals surface area contributed by atoms with Crippen LogP contribution in [0.25, 0.3) is 11.3 Å². The highest BCUT2D eigenvalue weighted by Crippen LogP contribution is 2.39. The van der Waals surface area contributed by atoms with Crippen LogP contribution in [0.5, 0.6) is 11.6 Å². The number of amides is 1. The third kappa shape index (κ3) is 2.69. The number of nitrogens with one attached hydrogen (secondary N) is 1. The fraction of sp³-hybridized carbons (Fsp3) is 0.263. The standard InChI is InChI=1S/C19H19N5O3/c1-4-15-17-13(19(25)24(15)12-9-21-22-10-12)5-6-14(23-17)11-7-16(26-2)18(27-3)20-8-11/h5-10,15H,4H2,1-3H3,(H,21,22). The van der Waals surface area contributed by atoms with Crippen LogP contribution < -0.4 is 14.4 Å². The highest BCUT2D eigenvalue weighted by molar-refractivity contribution is 6.10. The van der Waals surface area contributed by atoms with Crippen molar-refractivity contribution in [1.82, 2.24) is 20.2 Å². The summed E-state index contributed by atoms with van der Waals surface area (Å²) in [7, 11) is 3.11. The smallest absolute Gasteiger partial charge is 0.260 e. The van der Waals surface area contributed by atoms with Crippen LogP contribution in [0.1, 0.15) is 35.4 Å². The van der Waals surface area contributed by atoms with Crippen molar-refractivity contribution in [3.63, 3.8) is 0 Å². The molecule has 8 nitrogen and oxygen atoms in total. The molecule has 3 aromatic rings.